The number of Topliss-reactive ketones (excluding diaryl/α,β-unsaturated/α-hetero) is 2. The maximum Gasteiger partial charge on any atom is 0.238 e. The van der Waals surface area contributed by atoms with Gasteiger partial charge in [-0.2, -0.15) is 0 Å². The van der Waals surface area contributed by atoms with Crippen molar-refractivity contribution in [2.75, 3.05) is 6.54 Å². The molecule has 1 rings (SSSR count). The van der Waals surface area contributed by atoms with Gasteiger partial charge in [-0.05, 0) is 6.92 Å². The van der Waals surface area contributed by atoms with Gasteiger partial charge in [0.05, 0.1) is 6.54 Å². The molecule has 1 fully saturated rings. The van der Waals surface area contributed by atoms with Crippen LogP contribution in [0, 0.1) is 5.92 Å². The fourth-order valence-corrected chi connectivity index (χ4v) is 0.936. The van der Waals surface area contributed by atoms with Crippen LogP contribution in [0.4, 0.5) is 0 Å². The number of carbonyl (C=O) groups excluding carboxylic acids is 3. The van der Waals surface area contributed by atoms with Crippen molar-refractivity contribution in [1.82, 2.24) is 5.32 Å². The van der Waals surface area contributed by atoms with Gasteiger partial charge < -0.3 is 5.32 Å². The van der Waals surface area contributed by atoms with Crippen LogP contribution in [-0.2, 0) is 14.4 Å². The van der Waals surface area contributed by atoms with E-state index in [4.69, 9.17) is 0 Å². The van der Waals surface area contributed by atoms with Crippen LogP contribution in [0.3, 0.4) is 0 Å². The lowest BCUT2D eigenvalue weighted by atomic mass is 10.0. The van der Waals surface area contributed by atoms with Gasteiger partial charge in [0.2, 0.25) is 5.91 Å². The van der Waals surface area contributed by atoms with Crippen molar-refractivity contribution >= 4 is 17.5 Å². The van der Waals surface area contributed by atoms with Gasteiger partial charge in [-0.25, -0.2) is 0 Å². The standard InChI is InChI=1S/C6H7NO3/c1-3(8)5-4(9)2-7-6(5)10/h5H,2H2,1H3,(H,7,10). The Bertz CT molecular complexity index is 193. The minimum Gasteiger partial charge on any atom is -0.348 e. The quantitative estimate of drug-likeness (QED) is 0.471. The highest BCUT2D eigenvalue weighted by atomic mass is 16.2. The summed E-state index contributed by atoms with van der Waals surface area (Å²) >= 11 is 0. The SMILES string of the molecule is CC(=O)C1C(=O)CNC1=O. The zero-order valence-corrected chi connectivity index (χ0v) is 5.51. The van der Waals surface area contributed by atoms with Crippen LogP contribution in [0.5, 0.6) is 0 Å². The van der Waals surface area contributed by atoms with Gasteiger partial charge in [-0.3, -0.25) is 14.4 Å². The monoisotopic (exact) mass is 141 g/mol. The third kappa shape index (κ3) is 0.920. The molecule has 0 bridgehead atoms. The van der Waals surface area contributed by atoms with Crippen molar-refractivity contribution < 1.29 is 14.4 Å². The predicted molar refractivity (Wildman–Crippen MR) is 32.2 cm³/mol. The Morgan fingerprint density at radius 2 is 2.20 bits per heavy atom. The van der Waals surface area contributed by atoms with Gasteiger partial charge in [-0.1, -0.05) is 0 Å². The summed E-state index contributed by atoms with van der Waals surface area (Å²) < 4.78 is 0. The van der Waals surface area contributed by atoms with Crippen molar-refractivity contribution in [2.24, 2.45) is 5.92 Å². The first kappa shape index (κ1) is 6.92. The Labute approximate surface area is 57.6 Å². The minimum atomic E-state index is -1.03. The molecule has 1 saturated heterocycles. The van der Waals surface area contributed by atoms with Crippen molar-refractivity contribution in [1.29, 1.82) is 0 Å². The molecule has 0 aliphatic carbocycles. The van der Waals surface area contributed by atoms with Crippen LogP contribution in [0.1, 0.15) is 6.92 Å². The smallest absolute Gasteiger partial charge is 0.238 e. The van der Waals surface area contributed by atoms with Crippen LogP contribution in [0.2, 0.25) is 0 Å². The molecule has 1 aliphatic rings. The average Bonchev–Trinajstić information content (AvgIpc) is 2.11. The molecule has 0 spiro atoms. The van der Waals surface area contributed by atoms with E-state index in [0.717, 1.165) is 0 Å². The fourth-order valence-electron chi connectivity index (χ4n) is 0.936. The molecule has 0 aromatic rings. The van der Waals surface area contributed by atoms with E-state index in [1.165, 1.54) is 6.92 Å². The van der Waals surface area contributed by atoms with Crippen molar-refractivity contribution in [3.05, 3.63) is 0 Å². The highest BCUT2D eigenvalue weighted by Crippen LogP contribution is 2.05. The van der Waals surface area contributed by atoms with Gasteiger partial charge in [0.1, 0.15) is 5.78 Å². The topological polar surface area (TPSA) is 63.2 Å². The summed E-state index contributed by atoms with van der Waals surface area (Å²) in [6, 6.07) is 0. The molecule has 4 heteroatoms. The minimum absolute atomic E-state index is 0.00306. The van der Waals surface area contributed by atoms with Crippen LogP contribution >= 0.6 is 0 Å². The highest BCUT2D eigenvalue weighted by molar-refractivity contribution is 6.22. The number of hydrogen-bond acceptors (Lipinski definition) is 3. The van der Waals surface area contributed by atoms with E-state index in [1.807, 2.05) is 0 Å². The summed E-state index contributed by atoms with van der Waals surface area (Å²) in [5, 5.41) is 2.29. The molecule has 1 N–H and O–H groups in total. The van der Waals surface area contributed by atoms with E-state index in [0.29, 0.717) is 0 Å². The van der Waals surface area contributed by atoms with Crippen molar-refractivity contribution in [3.8, 4) is 0 Å². The van der Waals surface area contributed by atoms with Gasteiger partial charge in [0, 0.05) is 0 Å². The number of carbonyl (C=O) groups is 3. The Hall–Kier alpha value is -1.19. The van der Waals surface area contributed by atoms with E-state index in [1.54, 1.807) is 0 Å². The molecule has 0 aromatic heterocycles. The van der Waals surface area contributed by atoms with E-state index < -0.39 is 11.8 Å². The summed E-state index contributed by atoms with van der Waals surface area (Å²) in [6.45, 7) is 1.25. The molecule has 10 heavy (non-hydrogen) atoms. The zero-order chi connectivity index (χ0) is 7.72. The van der Waals surface area contributed by atoms with Gasteiger partial charge in [-0.15, -0.1) is 0 Å². The molecule has 0 aromatic carbocycles. The first-order valence-electron chi connectivity index (χ1n) is 2.94. The maximum absolute atomic E-state index is 10.7. The first-order chi connectivity index (χ1) is 4.63. The summed E-state index contributed by atoms with van der Waals surface area (Å²) in [6.07, 6.45) is 0. The Morgan fingerprint density at radius 1 is 1.60 bits per heavy atom. The van der Waals surface area contributed by atoms with Crippen molar-refractivity contribution in [3.63, 3.8) is 0 Å². The molecule has 54 valence electrons. The molecular formula is C6H7NO3. The van der Waals surface area contributed by atoms with Crippen LogP contribution in [0.25, 0.3) is 0 Å². The molecule has 1 amide bonds. The molecule has 1 heterocycles. The van der Waals surface area contributed by atoms with Gasteiger partial charge in [0.25, 0.3) is 0 Å². The largest absolute Gasteiger partial charge is 0.348 e. The van der Waals surface area contributed by atoms with Crippen LogP contribution < -0.4 is 5.32 Å². The lowest BCUT2D eigenvalue weighted by Crippen LogP contribution is -2.25. The summed E-state index contributed by atoms with van der Waals surface area (Å²) in [7, 11) is 0. The molecule has 1 aliphatic heterocycles. The molecule has 4 nitrogen and oxygen atoms in total. The van der Waals surface area contributed by atoms with E-state index in [-0.39, 0.29) is 18.1 Å². The predicted octanol–water partition coefficient (Wildman–Crippen LogP) is -1.11. The Kier molecular flexibility index (Phi) is 1.53. The number of rotatable bonds is 1. The van der Waals surface area contributed by atoms with E-state index in [2.05, 4.69) is 5.32 Å². The fraction of sp³-hybridized carbons (Fsp3) is 0.500. The number of hydrogen-bond donors (Lipinski definition) is 1. The number of amides is 1. The van der Waals surface area contributed by atoms with E-state index >= 15 is 0 Å². The normalized spacial score (nSPS) is 24.7. The van der Waals surface area contributed by atoms with Crippen LogP contribution in [-0.4, -0.2) is 24.0 Å². The second-order valence-corrected chi connectivity index (χ2v) is 2.23. The lowest BCUT2D eigenvalue weighted by molar-refractivity contribution is -0.135. The van der Waals surface area contributed by atoms with E-state index in [9.17, 15) is 14.4 Å². The van der Waals surface area contributed by atoms with Gasteiger partial charge >= 0.3 is 0 Å². The third-order valence-corrected chi connectivity index (χ3v) is 1.43. The zero-order valence-electron chi connectivity index (χ0n) is 5.51. The maximum atomic E-state index is 10.7. The summed E-state index contributed by atoms with van der Waals surface area (Å²) in [5.41, 5.74) is 0. The summed E-state index contributed by atoms with van der Waals surface area (Å²) in [5.74, 6) is -2.19. The third-order valence-electron chi connectivity index (χ3n) is 1.43. The molecular weight excluding hydrogens is 134 g/mol. The van der Waals surface area contributed by atoms with Gasteiger partial charge in [0.15, 0.2) is 11.7 Å². The van der Waals surface area contributed by atoms with Crippen molar-refractivity contribution in [2.45, 2.75) is 6.92 Å². The first-order valence-corrected chi connectivity index (χ1v) is 2.94. The molecule has 0 saturated carbocycles. The summed E-state index contributed by atoms with van der Waals surface area (Å²) in [4.78, 5) is 32.0. The average molecular weight is 141 g/mol. The number of nitrogens with one attached hydrogen (secondary N) is 1. The van der Waals surface area contributed by atoms with Crippen LogP contribution in [0.15, 0.2) is 0 Å². The second kappa shape index (κ2) is 2.21. The molecule has 0 radical (unpaired) electrons. The highest BCUT2D eigenvalue weighted by Gasteiger charge is 2.36. The molecule has 1 unspecified atom stereocenters. The lowest BCUT2D eigenvalue weighted by Gasteiger charge is -1.95. The molecule has 1 atom stereocenters. The second-order valence-electron chi connectivity index (χ2n) is 2.23. The Balaban J connectivity index is 2.82. The number of ketones is 2. The Morgan fingerprint density at radius 3 is 2.40 bits per heavy atom.